The molecule has 2 bridgehead atoms. The summed E-state index contributed by atoms with van der Waals surface area (Å²) in [5.41, 5.74) is 2.24. The van der Waals surface area contributed by atoms with Gasteiger partial charge in [0.1, 0.15) is 0 Å². The van der Waals surface area contributed by atoms with Crippen molar-refractivity contribution in [3.63, 3.8) is 0 Å². The van der Waals surface area contributed by atoms with Crippen LogP contribution in [0.4, 0.5) is 0 Å². The molecule has 1 saturated carbocycles. The van der Waals surface area contributed by atoms with E-state index in [0.717, 1.165) is 29.8 Å². The molecule has 0 spiro atoms. The first kappa shape index (κ1) is 16.3. The molecule has 25 heavy (non-hydrogen) atoms. The summed E-state index contributed by atoms with van der Waals surface area (Å²) in [4.78, 5) is 27.9. The fraction of sp³-hybridized carbons (Fsp3) is 0.400. The Morgan fingerprint density at radius 2 is 2.12 bits per heavy atom. The molecule has 2 aliphatic rings. The molecule has 4 rings (SSSR count). The number of thiophene rings is 1. The number of hydrogen-bond donors (Lipinski definition) is 1. The Bertz CT molecular complexity index is 787. The Morgan fingerprint density at radius 3 is 2.84 bits per heavy atom. The van der Waals surface area contributed by atoms with E-state index in [1.165, 1.54) is 16.9 Å². The lowest BCUT2D eigenvalue weighted by atomic mass is 10.0. The number of hydrogen-bond acceptors (Lipinski definition) is 3. The molecule has 1 aromatic carbocycles. The van der Waals surface area contributed by atoms with Gasteiger partial charge in [-0.3, -0.25) is 9.59 Å². The zero-order chi connectivity index (χ0) is 17.4. The molecule has 2 aromatic rings. The highest BCUT2D eigenvalue weighted by Gasteiger charge is 2.47. The van der Waals surface area contributed by atoms with Crippen molar-refractivity contribution in [1.29, 1.82) is 0 Å². The largest absolute Gasteiger partial charge is 0.347 e. The molecule has 3 unspecified atom stereocenters. The lowest BCUT2D eigenvalue weighted by Gasteiger charge is -2.33. The van der Waals surface area contributed by atoms with Crippen molar-refractivity contribution < 1.29 is 9.59 Å². The minimum atomic E-state index is -0.0152. The highest BCUT2D eigenvalue weighted by molar-refractivity contribution is 7.12. The molecule has 2 fully saturated rings. The predicted octanol–water partition coefficient (Wildman–Crippen LogP) is 3.02. The summed E-state index contributed by atoms with van der Waals surface area (Å²) in [5.74, 6) is 0.673. The zero-order valence-corrected chi connectivity index (χ0v) is 15.1. The smallest absolute Gasteiger partial charge is 0.261 e. The second-order valence-electron chi connectivity index (χ2n) is 7.17. The van der Waals surface area contributed by atoms with E-state index in [4.69, 9.17) is 0 Å². The molecular weight excluding hydrogens is 332 g/mol. The monoisotopic (exact) mass is 354 g/mol. The van der Waals surface area contributed by atoms with Crippen molar-refractivity contribution in [2.24, 2.45) is 5.92 Å². The van der Waals surface area contributed by atoms with Gasteiger partial charge < -0.3 is 10.2 Å². The minimum Gasteiger partial charge on any atom is -0.347 e. The Morgan fingerprint density at radius 1 is 1.24 bits per heavy atom. The van der Waals surface area contributed by atoms with Crippen LogP contribution in [0, 0.1) is 12.8 Å². The SMILES string of the molecule is Cc1cccc(CC(=O)N2CC3CC(NC(=O)c4cccs4)C2C3)c1. The number of amides is 2. The number of nitrogens with one attached hydrogen (secondary N) is 1. The molecule has 0 radical (unpaired) electrons. The lowest BCUT2D eigenvalue weighted by molar-refractivity contribution is -0.132. The summed E-state index contributed by atoms with van der Waals surface area (Å²) in [6, 6.07) is 12.1. The van der Waals surface area contributed by atoms with E-state index in [2.05, 4.69) is 11.4 Å². The summed E-state index contributed by atoms with van der Waals surface area (Å²) in [7, 11) is 0. The molecule has 4 nitrogen and oxygen atoms in total. The Labute approximate surface area is 151 Å². The molecule has 2 amide bonds. The molecule has 2 heterocycles. The first-order chi connectivity index (χ1) is 12.1. The summed E-state index contributed by atoms with van der Waals surface area (Å²) in [6.07, 6.45) is 2.43. The fourth-order valence-corrected chi connectivity index (χ4v) is 4.84. The van der Waals surface area contributed by atoms with E-state index < -0.39 is 0 Å². The third-order valence-electron chi connectivity index (χ3n) is 5.30. The van der Waals surface area contributed by atoms with E-state index in [9.17, 15) is 9.59 Å². The van der Waals surface area contributed by atoms with Crippen LogP contribution in [0.2, 0.25) is 0 Å². The average Bonchev–Trinajstić information content (AvgIpc) is 3.31. The van der Waals surface area contributed by atoms with Gasteiger partial charge in [0.05, 0.1) is 17.3 Å². The summed E-state index contributed by atoms with van der Waals surface area (Å²) >= 11 is 1.45. The first-order valence-corrected chi connectivity index (χ1v) is 9.67. The minimum absolute atomic E-state index is 0.0152. The number of likely N-dealkylation sites (tertiary alicyclic amines) is 1. The lowest BCUT2D eigenvalue weighted by Crippen LogP contribution is -2.52. The van der Waals surface area contributed by atoms with Crippen LogP contribution in [0.1, 0.15) is 33.6 Å². The van der Waals surface area contributed by atoms with Crippen LogP contribution < -0.4 is 5.32 Å². The quantitative estimate of drug-likeness (QED) is 0.917. The first-order valence-electron chi connectivity index (χ1n) is 8.79. The van der Waals surface area contributed by atoms with Gasteiger partial charge in [-0.2, -0.15) is 0 Å². The maximum atomic E-state index is 12.8. The van der Waals surface area contributed by atoms with Crippen molar-refractivity contribution in [2.45, 2.75) is 38.3 Å². The van der Waals surface area contributed by atoms with Crippen molar-refractivity contribution in [3.8, 4) is 0 Å². The highest BCUT2D eigenvalue weighted by atomic mass is 32.1. The summed E-state index contributed by atoms with van der Waals surface area (Å²) in [5, 5.41) is 5.06. The predicted molar refractivity (Wildman–Crippen MR) is 98.7 cm³/mol. The molecule has 3 atom stereocenters. The second-order valence-corrected chi connectivity index (χ2v) is 8.12. The standard InChI is InChI=1S/C20H22N2O2S/c1-13-4-2-5-14(8-13)11-19(23)22-12-15-9-16(17(22)10-15)21-20(24)18-6-3-7-25-18/h2-8,15-17H,9-12H2,1H3,(H,21,24). The molecule has 130 valence electrons. The van der Waals surface area contributed by atoms with Crippen molar-refractivity contribution in [1.82, 2.24) is 10.2 Å². The number of carbonyl (C=O) groups is 2. The molecule has 1 N–H and O–H groups in total. The van der Waals surface area contributed by atoms with Crippen LogP contribution >= 0.6 is 11.3 Å². The fourth-order valence-electron chi connectivity index (χ4n) is 4.21. The van der Waals surface area contributed by atoms with Gasteiger partial charge in [0, 0.05) is 12.6 Å². The van der Waals surface area contributed by atoms with Crippen LogP contribution in [0.5, 0.6) is 0 Å². The average molecular weight is 354 g/mol. The Balaban J connectivity index is 1.42. The van der Waals surface area contributed by atoms with E-state index in [0.29, 0.717) is 12.3 Å². The molecular formula is C20H22N2O2S. The van der Waals surface area contributed by atoms with Crippen LogP contribution in [0.15, 0.2) is 41.8 Å². The van der Waals surface area contributed by atoms with Gasteiger partial charge in [-0.05, 0) is 42.7 Å². The normalized spacial score (nSPS) is 24.5. The highest BCUT2D eigenvalue weighted by Crippen LogP contribution is 2.38. The molecule has 1 saturated heterocycles. The Hall–Kier alpha value is -2.14. The van der Waals surface area contributed by atoms with Crippen molar-refractivity contribution in [3.05, 3.63) is 57.8 Å². The van der Waals surface area contributed by atoms with Gasteiger partial charge in [0.15, 0.2) is 0 Å². The Kier molecular flexibility index (Phi) is 4.34. The number of rotatable bonds is 4. The van der Waals surface area contributed by atoms with Gasteiger partial charge in [0.25, 0.3) is 5.91 Å². The third-order valence-corrected chi connectivity index (χ3v) is 6.17. The summed E-state index contributed by atoms with van der Waals surface area (Å²) < 4.78 is 0. The van der Waals surface area contributed by atoms with Crippen LogP contribution in [-0.2, 0) is 11.2 Å². The van der Waals surface area contributed by atoms with Crippen molar-refractivity contribution in [2.75, 3.05) is 6.54 Å². The van der Waals surface area contributed by atoms with E-state index in [1.54, 1.807) is 0 Å². The molecule has 1 aromatic heterocycles. The van der Waals surface area contributed by atoms with E-state index >= 15 is 0 Å². The van der Waals surface area contributed by atoms with Crippen LogP contribution in [-0.4, -0.2) is 35.3 Å². The van der Waals surface area contributed by atoms with Crippen molar-refractivity contribution >= 4 is 23.2 Å². The van der Waals surface area contributed by atoms with Gasteiger partial charge in [-0.25, -0.2) is 0 Å². The number of nitrogens with zero attached hydrogens (tertiary/aromatic N) is 1. The molecule has 1 aliphatic heterocycles. The van der Waals surface area contributed by atoms with Crippen LogP contribution in [0.3, 0.4) is 0 Å². The van der Waals surface area contributed by atoms with Gasteiger partial charge in [-0.1, -0.05) is 35.9 Å². The zero-order valence-electron chi connectivity index (χ0n) is 14.3. The van der Waals surface area contributed by atoms with Crippen LogP contribution in [0.25, 0.3) is 0 Å². The van der Waals surface area contributed by atoms with Gasteiger partial charge in [0.2, 0.25) is 5.91 Å². The number of fused-ring (bicyclic) bond motifs is 2. The number of aryl methyl sites for hydroxylation is 1. The molecule has 5 heteroatoms. The van der Waals surface area contributed by atoms with Gasteiger partial charge >= 0.3 is 0 Å². The molecule has 1 aliphatic carbocycles. The topological polar surface area (TPSA) is 49.4 Å². The number of benzene rings is 1. The third kappa shape index (κ3) is 3.33. The van der Waals surface area contributed by atoms with Gasteiger partial charge in [-0.15, -0.1) is 11.3 Å². The summed E-state index contributed by atoms with van der Waals surface area (Å²) in [6.45, 7) is 2.88. The van der Waals surface area contributed by atoms with E-state index in [1.807, 2.05) is 47.5 Å². The maximum Gasteiger partial charge on any atom is 0.261 e. The van der Waals surface area contributed by atoms with E-state index in [-0.39, 0.29) is 23.9 Å². The number of carbonyl (C=O) groups excluding carboxylic acids is 2. The number of piperidine rings is 1. The second kappa shape index (κ2) is 6.64. The maximum absolute atomic E-state index is 12.8.